The summed E-state index contributed by atoms with van der Waals surface area (Å²) >= 11 is 5.94. The van der Waals surface area contributed by atoms with Crippen LogP contribution in [0.2, 0.25) is 5.02 Å². The fourth-order valence-corrected chi connectivity index (χ4v) is 5.41. The predicted molar refractivity (Wildman–Crippen MR) is 137 cm³/mol. The Kier molecular flexibility index (Phi) is 6.61. The number of nitrogens with zero attached hydrogens (tertiary/aromatic N) is 4. The van der Waals surface area contributed by atoms with Crippen LogP contribution in [0.5, 0.6) is 11.5 Å². The highest BCUT2D eigenvalue weighted by Gasteiger charge is 2.49. The molecule has 5 rings (SSSR count). The van der Waals surface area contributed by atoms with E-state index in [9.17, 15) is 9.18 Å². The van der Waals surface area contributed by atoms with Gasteiger partial charge in [0.15, 0.2) is 17.3 Å². The van der Waals surface area contributed by atoms with E-state index >= 15 is 0 Å². The molecule has 1 saturated carbocycles. The molecule has 0 bridgehead atoms. The zero-order chi connectivity index (χ0) is 25.4. The molecule has 2 heterocycles. The summed E-state index contributed by atoms with van der Waals surface area (Å²) in [7, 11) is 5.50. The molecule has 2 aliphatic rings. The fourth-order valence-electron chi connectivity index (χ4n) is 5.24. The standard InChI is InChI=1S/C26H29ClFN5O3/c1-32-11-12-33(2)26(25(32)34)9-7-16(8-10-26)36-22-13-17-20(14-21(22)35-3)29-15-30-24(17)31-19-6-4-5-18(27)23(19)28/h4-6,13-16H,7-12H2,1-3H3,(H,29,30,31). The van der Waals surface area contributed by atoms with Crippen molar-refractivity contribution < 1.29 is 18.7 Å². The van der Waals surface area contributed by atoms with Crippen LogP contribution in [0.1, 0.15) is 25.7 Å². The first-order valence-electron chi connectivity index (χ1n) is 12.0. The summed E-state index contributed by atoms with van der Waals surface area (Å²) in [5.41, 5.74) is 0.385. The third-order valence-corrected chi connectivity index (χ3v) is 7.72. The maximum atomic E-state index is 14.5. The number of carbonyl (C=O) groups is 1. The molecule has 1 saturated heterocycles. The molecule has 0 unspecified atom stereocenters. The van der Waals surface area contributed by atoms with Crippen LogP contribution in [0.25, 0.3) is 10.9 Å². The number of ether oxygens (including phenoxy) is 2. The van der Waals surface area contributed by atoms with Gasteiger partial charge in [-0.05, 0) is 50.9 Å². The maximum absolute atomic E-state index is 14.5. The molecular weight excluding hydrogens is 485 g/mol. The topological polar surface area (TPSA) is 79.8 Å². The van der Waals surface area contributed by atoms with Gasteiger partial charge >= 0.3 is 0 Å². The molecule has 1 aromatic heterocycles. The largest absolute Gasteiger partial charge is 0.493 e. The van der Waals surface area contributed by atoms with E-state index in [4.69, 9.17) is 21.1 Å². The monoisotopic (exact) mass is 513 g/mol. The minimum absolute atomic E-state index is 0.0207. The number of rotatable bonds is 5. The number of nitrogens with one attached hydrogen (secondary N) is 1. The van der Waals surface area contributed by atoms with Crippen LogP contribution in [0.15, 0.2) is 36.7 Å². The van der Waals surface area contributed by atoms with Crippen molar-refractivity contribution in [2.75, 3.05) is 39.6 Å². The van der Waals surface area contributed by atoms with Gasteiger partial charge in [-0.25, -0.2) is 14.4 Å². The highest BCUT2D eigenvalue weighted by atomic mass is 35.5. The van der Waals surface area contributed by atoms with Crippen LogP contribution in [0, 0.1) is 5.82 Å². The summed E-state index contributed by atoms with van der Waals surface area (Å²) in [4.78, 5) is 25.7. The van der Waals surface area contributed by atoms with Crippen molar-refractivity contribution in [2.24, 2.45) is 0 Å². The minimum atomic E-state index is -0.556. The lowest BCUT2D eigenvalue weighted by Crippen LogP contribution is -2.65. The van der Waals surface area contributed by atoms with E-state index in [-0.39, 0.29) is 22.7 Å². The maximum Gasteiger partial charge on any atom is 0.242 e. The molecule has 36 heavy (non-hydrogen) atoms. The summed E-state index contributed by atoms with van der Waals surface area (Å²) in [5.74, 6) is 1.16. The first-order valence-corrected chi connectivity index (χ1v) is 12.4. The Hall–Kier alpha value is -3.17. The summed E-state index contributed by atoms with van der Waals surface area (Å²) in [6.45, 7) is 1.62. The van der Waals surface area contributed by atoms with Crippen molar-refractivity contribution in [3.63, 3.8) is 0 Å². The van der Waals surface area contributed by atoms with Gasteiger partial charge in [0.1, 0.15) is 17.7 Å². The number of fused-ring (bicyclic) bond motifs is 1. The third-order valence-electron chi connectivity index (χ3n) is 7.43. The molecule has 2 aromatic carbocycles. The van der Waals surface area contributed by atoms with Gasteiger partial charge in [0.25, 0.3) is 0 Å². The number of carbonyl (C=O) groups excluding carboxylic acids is 1. The lowest BCUT2D eigenvalue weighted by molar-refractivity contribution is -0.152. The summed E-state index contributed by atoms with van der Waals surface area (Å²) in [6.07, 6.45) is 4.29. The molecule has 0 radical (unpaired) electrons. The number of aromatic nitrogens is 2. The number of piperazine rings is 1. The lowest BCUT2D eigenvalue weighted by Gasteiger charge is -2.50. The highest BCUT2D eigenvalue weighted by Crippen LogP contribution is 2.41. The van der Waals surface area contributed by atoms with Crippen molar-refractivity contribution in [3.8, 4) is 11.5 Å². The molecule has 8 nitrogen and oxygen atoms in total. The van der Waals surface area contributed by atoms with Gasteiger partial charge in [-0.2, -0.15) is 0 Å². The number of hydrogen-bond acceptors (Lipinski definition) is 7. The minimum Gasteiger partial charge on any atom is -0.493 e. The third kappa shape index (κ3) is 4.30. The van der Waals surface area contributed by atoms with Gasteiger partial charge < -0.3 is 19.7 Å². The second-order valence-electron chi connectivity index (χ2n) is 9.47. The Morgan fingerprint density at radius 2 is 1.92 bits per heavy atom. The Morgan fingerprint density at radius 1 is 1.14 bits per heavy atom. The molecule has 1 aliphatic heterocycles. The number of likely N-dealkylation sites (N-methyl/N-ethyl adjacent to an activating group) is 2. The van der Waals surface area contributed by atoms with Gasteiger partial charge in [0.2, 0.25) is 5.91 Å². The van der Waals surface area contributed by atoms with Crippen molar-refractivity contribution >= 4 is 39.9 Å². The number of benzene rings is 2. The van der Waals surface area contributed by atoms with E-state index in [0.29, 0.717) is 28.2 Å². The van der Waals surface area contributed by atoms with Crippen LogP contribution in [-0.2, 0) is 4.79 Å². The van der Waals surface area contributed by atoms with Gasteiger partial charge in [-0.15, -0.1) is 0 Å². The highest BCUT2D eigenvalue weighted by molar-refractivity contribution is 6.31. The van der Waals surface area contributed by atoms with E-state index in [0.717, 1.165) is 38.8 Å². The zero-order valence-electron chi connectivity index (χ0n) is 20.6. The molecule has 2 fully saturated rings. The first-order chi connectivity index (χ1) is 17.3. The number of amides is 1. The predicted octanol–water partition coefficient (Wildman–Crippen LogP) is 4.64. The second-order valence-corrected chi connectivity index (χ2v) is 9.87. The SMILES string of the molecule is COc1cc2ncnc(Nc3cccc(Cl)c3F)c2cc1OC1CCC2(CC1)C(=O)N(C)CCN2C. The average molecular weight is 514 g/mol. The zero-order valence-corrected chi connectivity index (χ0v) is 21.3. The van der Waals surface area contributed by atoms with Crippen LogP contribution in [0.3, 0.4) is 0 Å². The van der Waals surface area contributed by atoms with E-state index in [2.05, 4.69) is 20.2 Å². The molecule has 3 aromatic rings. The van der Waals surface area contributed by atoms with Crippen molar-refractivity contribution in [3.05, 3.63) is 47.5 Å². The molecule has 0 atom stereocenters. The van der Waals surface area contributed by atoms with Gasteiger partial charge in [0, 0.05) is 31.6 Å². The van der Waals surface area contributed by atoms with E-state index in [1.807, 2.05) is 25.1 Å². The van der Waals surface area contributed by atoms with E-state index < -0.39 is 11.4 Å². The fraction of sp³-hybridized carbons (Fsp3) is 0.423. The molecule has 1 spiro atoms. The lowest BCUT2D eigenvalue weighted by atomic mass is 9.77. The van der Waals surface area contributed by atoms with E-state index in [1.54, 1.807) is 25.3 Å². The van der Waals surface area contributed by atoms with Gasteiger partial charge in [-0.3, -0.25) is 9.69 Å². The molecule has 1 N–H and O–H groups in total. The van der Waals surface area contributed by atoms with Crippen LogP contribution in [0.4, 0.5) is 15.9 Å². The Morgan fingerprint density at radius 3 is 2.67 bits per heavy atom. The molecule has 1 amide bonds. The molecular formula is C26H29ClFN5O3. The van der Waals surface area contributed by atoms with Gasteiger partial charge in [-0.1, -0.05) is 17.7 Å². The summed E-state index contributed by atoms with van der Waals surface area (Å²) in [5, 5.41) is 3.70. The van der Waals surface area contributed by atoms with Crippen LogP contribution < -0.4 is 14.8 Å². The molecule has 10 heteroatoms. The van der Waals surface area contributed by atoms with Crippen LogP contribution in [-0.4, -0.2) is 71.6 Å². The van der Waals surface area contributed by atoms with Gasteiger partial charge in [0.05, 0.1) is 29.4 Å². The average Bonchev–Trinajstić information content (AvgIpc) is 2.89. The van der Waals surface area contributed by atoms with E-state index in [1.165, 1.54) is 12.4 Å². The number of methoxy groups -OCH3 is 1. The first kappa shape index (κ1) is 24.5. The Labute approximate surface area is 214 Å². The summed E-state index contributed by atoms with van der Waals surface area (Å²) in [6, 6.07) is 8.34. The van der Waals surface area contributed by atoms with Crippen molar-refractivity contribution in [2.45, 2.75) is 37.3 Å². The smallest absolute Gasteiger partial charge is 0.242 e. The second kappa shape index (κ2) is 9.71. The quantitative estimate of drug-likeness (QED) is 0.532. The van der Waals surface area contributed by atoms with Crippen LogP contribution >= 0.6 is 11.6 Å². The van der Waals surface area contributed by atoms with Crippen molar-refractivity contribution in [1.82, 2.24) is 19.8 Å². The normalized spacial score (nSPS) is 22.8. The number of halogens is 2. The number of hydrogen-bond donors (Lipinski definition) is 1. The molecule has 190 valence electrons. The molecule has 1 aliphatic carbocycles. The summed E-state index contributed by atoms with van der Waals surface area (Å²) < 4.78 is 26.5. The Bertz CT molecular complexity index is 1300. The van der Waals surface area contributed by atoms with Crippen molar-refractivity contribution in [1.29, 1.82) is 0 Å². The Balaban J connectivity index is 1.40. The number of anilines is 2.